The van der Waals surface area contributed by atoms with Crippen molar-refractivity contribution < 1.29 is 0 Å². The number of benzene rings is 1. The van der Waals surface area contributed by atoms with Gasteiger partial charge in [0, 0.05) is 23.0 Å². The van der Waals surface area contributed by atoms with Crippen molar-refractivity contribution in [3.8, 4) is 11.3 Å². The predicted molar refractivity (Wildman–Crippen MR) is 62.6 cm³/mol. The van der Waals surface area contributed by atoms with Gasteiger partial charge in [-0.15, -0.1) is 0 Å². The summed E-state index contributed by atoms with van der Waals surface area (Å²) in [6.45, 7) is 1.91. The topological polar surface area (TPSA) is 25.8 Å². The van der Waals surface area contributed by atoms with Crippen LogP contribution in [0.5, 0.6) is 0 Å². The van der Waals surface area contributed by atoms with Crippen LogP contribution in [0.25, 0.3) is 11.3 Å². The van der Waals surface area contributed by atoms with Gasteiger partial charge in [0.25, 0.3) is 0 Å². The van der Waals surface area contributed by atoms with Gasteiger partial charge in [0.15, 0.2) is 0 Å². The van der Waals surface area contributed by atoms with Crippen LogP contribution in [0.3, 0.4) is 0 Å². The number of aryl methyl sites for hydroxylation is 1. The summed E-state index contributed by atoms with van der Waals surface area (Å²) in [4.78, 5) is 8.43. The van der Waals surface area contributed by atoms with Crippen LogP contribution < -0.4 is 5.46 Å². The number of hydrogen-bond acceptors (Lipinski definition) is 2. The van der Waals surface area contributed by atoms with E-state index in [4.69, 9.17) is 19.4 Å². The minimum absolute atomic E-state index is 0.539. The molecule has 0 saturated carbocycles. The lowest BCUT2D eigenvalue weighted by Gasteiger charge is -2.05. The third kappa shape index (κ3) is 2.02. The van der Waals surface area contributed by atoms with E-state index in [9.17, 15) is 0 Å². The Labute approximate surface area is 94.7 Å². The number of rotatable bonds is 1. The average molecular weight is 214 g/mol. The first kappa shape index (κ1) is 10.2. The van der Waals surface area contributed by atoms with Crippen LogP contribution in [0.1, 0.15) is 5.69 Å². The summed E-state index contributed by atoms with van der Waals surface area (Å²) >= 11 is 5.94. The van der Waals surface area contributed by atoms with Gasteiger partial charge < -0.3 is 0 Å². The van der Waals surface area contributed by atoms with E-state index in [0.717, 1.165) is 17.0 Å². The van der Waals surface area contributed by atoms with Crippen LogP contribution in [-0.4, -0.2) is 17.8 Å². The zero-order valence-electron chi connectivity index (χ0n) is 8.24. The van der Waals surface area contributed by atoms with Crippen LogP contribution >= 0.6 is 11.6 Å². The van der Waals surface area contributed by atoms with E-state index in [-0.39, 0.29) is 0 Å². The lowest BCUT2D eigenvalue weighted by atomic mass is 9.94. The molecule has 4 heteroatoms. The van der Waals surface area contributed by atoms with Gasteiger partial charge in [-0.1, -0.05) is 29.2 Å². The van der Waals surface area contributed by atoms with E-state index in [1.165, 1.54) is 0 Å². The van der Waals surface area contributed by atoms with E-state index in [1.54, 1.807) is 24.5 Å². The number of halogens is 1. The number of aromatic nitrogens is 2. The molecule has 0 aliphatic carbocycles. The molecule has 1 heterocycles. The Hall–Kier alpha value is -1.35. The smallest absolute Gasteiger partial charge is 0.115 e. The molecular weight excluding hydrogens is 206 g/mol. The maximum Gasteiger partial charge on any atom is 0.115 e. The fourth-order valence-corrected chi connectivity index (χ4v) is 1.55. The fraction of sp³-hybridized carbons (Fsp3) is 0.0909. The summed E-state index contributed by atoms with van der Waals surface area (Å²) in [6.07, 6.45) is 3.32. The Kier molecular flexibility index (Phi) is 2.74. The third-order valence-electron chi connectivity index (χ3n) is 2.16. The molecule has 2 rings (SSSR count). The highest BCUT2D eigenvalue weighted by molar-refractivity contribution is 6.45. The lowest BCUT2D eigenvalue weighted by molar-refractivity contribution is 1.12. The second-order valence-electron chi connectivity index (χ2n) is 3.23. The van der Waals surface area contributed by atoms with Crippen molar-refractivity contribution in [1.29, 1.82) is 0 Å². The Morgan fingerprint density at radius 3 is 2.60 bits per heavy atom. The normalized spacial score (nSPS) is 10.3. The lowest BCUT2D eigenvalue weighted by Crippen LogP contribution is -2.03. The first-order valence-electron chi connectivity index (χ1n) is 4.51. The van der Waals surface area contributed by atoms with Crippen molar-refractivity contribution in [1.82, 2.24) is 9.97 Å². The molecule has 0 fully saturated rings. The van der Waals surface area contributed by atoms with E-state index in [2.05, 4.69) is 9.97 Å². The largest absolute Gasteiger partial charge is 0.258 e. The molecular formula is C11H8BClN2. The van der Waals surface area contributed by atoms with Gasteiger partial charge in [0.2, 0.25) is 0 Å². The standard InChI is InChI=1S/C11H8BClN2/c1-7-11(15-5-4-14-7)8-2-3-9(12)10(13)6-8/h2-6H,1H3. The molecule has 72 valence electrons. The van der Waals surface area contributed by atoms with Crippen molar-refractivity contribution >= 4 is 24.9 Å². The summed E-state index contributed by atoms with van der Waals surface area (Å²) in [5, 5.41) is 0.539. The number of nitrogens with zero attached hydrogens (tertiary/aromatic N) is 2. The van der Waals surface area contributed by atoms with Gasteiger partial charge in [-0.3, -0.25) is 9.97 Å². The van der Waals surface area contributed by atoms with Crippen LogP contribution in [0, 0.1) is 6.92 Å². The minimum Gasteiger partial charge on any atom is -0.258 e. The van der Waals surface area contributed by atoms with Crippen molar-refractivity contribution in [2.24, 2.45) is 0 Å². The van der Waals surface area contributed by atoms with Crippen LogP contribution in [0.4, 0.5) is 0 Å². The second-order valence-corrected chi connectivity index (χ2v) is 3.63. The molecule has 0 aliphatic heterocycles. The summed E-state index contributed by atoms with van der Waals surface area (Å²) in [5.74, 6) is 0. The predicted octanol–water partition coefficient (Wildman–Crippen LogP) is 1.90. The maximum absolute atomic E-state index is 5.94. The van der Waals surface area contributed by atoms with Gasteiger partial charge >= 0.3 is 0 Å². The first-order chi connectivity index (χ1) is 7.18. The van der Waals surface area contributed by atoms with E-state index in [0.29, 0.717) is 10.5 Å². The van der Waals surface area contributed by atoms with Crippen molar-refractivity contribution in [3.63, 3.8) is 0 Å². The highest BCUT2D eigenvalue weighted by Crippen LogP contribution is 2.20. The van der Waals surface area contributed by atoms with Crippen LogP contribution in [-0.2, 0) is 0 Å². The van der Waals surface area contributed by atoms with Gasteiger partial charge in [0.1, 0.15) is 7.85 Å². The zero-order chi connectivity index (χ0) is 10.8. The first-order valence-corrected chi connectivity index (χ1v) is 4.89. The molecule has 0 atom stereocenters. The molecule has 0 aliphatic rings. The second kappa shape index (κ2) is 4.03. The maximum atomic E-state index is 5.94. The molecule has 2 aromatic rings. The zero-order valence-corrected chi connectivity index (χ0v) is 8.99. The molecule has 15 heavy (non-hydrogen) atoms. The van der Waals surface area contributed by atoms with Crippen LogP contribution in [0.15, 0.2) is 30.6 Å². The molecule has 1 aromatic heterocycles. The molecule has 2 radical (unpaired) electrons. The Balaban J connectivity index is 2.55. The fourth-order valence-electron chi connectivity index (χ4n) is 1.37. The van der Waals surface area contributed by atoms with E-state index >= 15 is 0 Å². The van der Waals surface area contributed by atoms with Gasteiger partial charge in [0.05, 0.1) is 11.4 Å². The average Bonchev–Trinajstić information content (AvgIpc) is 2.23. The van der Waals surface area contributed by atoms with Crippen molar-refractivity contribution in [3.05, 3.63) is 41.3 Å². The Morgan fingerprint density at radius 2 is 1.93 bits per heavy atom. The summed E-state index contributed by atoms with van der Waals surface area (Å²) in [5.41, 5.74) is 3.21. The Morgan fingerprint density at radius 1 is 1.20 bits per heavy atom. The highest BCUT2D eigenvalue weighted by atomic mass is 35.5. The monoisotopic (exact) mass is 214 g/mol. The molecule has 0 bridgehead atoms. The van der Waals surface area contributed by atoms with Gasteiger partial charge in [-0.25, -0.2) is 0 Å². The highest BCUT2D eigenvalue weighted by Gasteiger charge is 2.04. The molecule has 0 saturated heterocycles. The molecule has 0 amide bonds. The Bertz CT molecular complexity index is 500. The van der Waals surface area contributed by atoms with E-state index in [1.807, 2.05) is 13.0 Å². The summed E-state index contributed by atoms with van der Waals surface area (Å²) < 4.78 is 0. The minimum atomic E-state index is 0.539. The van der Waals surface area contributed by atoms with Crippen molar-refractivity contribution in [2.75, 3.05) is 0 Å². The molecule has 0 unspecified atom stereocenters. The molecule has 1 aromatic carbocycles. The number of hydrogen-bond donors (Lipinski definition) is 0. The van der Waals surface area contributed by atoms with Crippen LogP contribution in [0.2, 0.25) is 5.02 Å². The SMILES string of the molecule is [B]c1ccc(-c2nccnc2C)cc1Cl. The quantitative estimate of drug-likeness (QED) is 0.678. The summed E-state index contributed by atoms with van der Waals surface area (Å²) in [6, 6.07) is 5.46. The van der Waals surface area contributed by atoms with Gasteiger partial charge in [-0.05, 0) is 13.0 Å². The van der Waals surface area contributed by atoms with Gasteiger partial charge in [-0.2, -0.15) is 0 Å². The molecule has 0 spiro atoms. The summed E-state index contributed by atoms with van der Waals surface area (Å²) in [7, 11) is 5.64. The third-order valence-corrected chi connectivity index (χ3v) is 2.48. The molecule has 2 nitrogen and oxygen atoms in total. The van der Waals surface area contributed by atoms with E-state index < -0.39 is 0 Å². The molecule has 0 N–H and O–H groups in total. The van der Waals surface area contributed by atoms with Crippen molar-refractivity contribution in [2.45, 2.75) is 6.92 Å².